The normalized spacial score (nSPS) is 16.9. The molecule has 202 valence electrons. The van der Waals surface area contributed by atoms with E-state index in [2.05, 4.69) is 26.7 Å². The van der Waals surface area contributed by atoms with E-state index < -0.39 is 12.1 Å². The van der Waals surface area contributed by atoms with Gasteiger partial charge in [-0.1, -0.05) is 30.3 Å². The number of benzene rings is 2. The molecule has 0 aliphatic carbocycles. The number of carbonyl (C=O) groups is 2. The second-order valence-corrected chi connectivity index (χ2v) is 9.52. The number of carboxylic acids is 1. The minimum absolute atomic E-state index is 0.168. The number of hydrogen-bond acceptors (Lipinski definition) is 5. The number of carboxylic acid groups (broad SMARTS) is 1. The lowest BCUT2D eigenvalue weighted by molar-refractivity contribution is -0.192. The number of hydrogen-bond donors (Lipinski definition) is 1. The zero-order valence-corrected chi connectivity index (χ0v) is 20.7. The number of amides is 1. The molecule has 2 aliphatic rings. The van der Waals surface area contributed by atoms with Crippen molar-refractivity contribution in [3.05, 3.63) is 71.8 Å². The van der Waals surface area contributed by atoms with Gasteiger partial charge in [-0.05, 0) is 49.7 Å². The molecule has 2 aliphatic heterocycles. The summed E-state index contributed by atoms with van der Waals surface area (Å²) in [6, 6.07) is 16.3. The van der Waals surface area contributed by atoms with Crippen LogP contribution < -0.4 is 0 Å². The van der Waals surface area contributed by atoms with Gasteiger partial charge in [-0.3, -0.25) is 9.69 Å². The van der Waals surface area contributed by atoms with Crippen molar-refractivity contribution < 1.29 is 32.3 Å². The lowest BCUT2D eigenvalue weighted by atomic mass is 9.84. The Labute approximate surface area is 216 Å². The molecule has 0 atom stereocenters. The van der Waals surface area contributed by atoms with Crippen molar-refractivity contribution in [2.75, 3.05) is 26.7 Å². The highest BCUT2D eigenvalue weighted by atomic mass is 19.4. The summed E-state index contributed by atoms with van der Waals surface area (Å²) in [5, 5.41) is 16.1. The number of piperidine rings is 1. The predicted octanol–water partition coefficient (Wildman–Crippen LogP) is 3.72. The maximum absolute atomic E-state index is 13.5. The largest absolute Gasteiger partial charge is 0.490 e. The van der Waals surface area contributed by atoms with Gasteiger partial charge in [0.15, 0.2) is 5.82 Å². The van der Waals surface area contributed by atoms with Gasteiger partial charge in [0.05, 0.1) is 18.5 Å². The summed E-state index contributed by atoms with van der Waals surface area (Å²) in [5.41, 5.74) is 1.75. The summed E-state index contributed by atoms with van der Waals surface area (Å²) < 4.78 is 47.5. The standard InChI is InChI=1S/C24H26FN5O.C2HF3O2/c1-28-16-21-26-27-23(19-7-9-20(25)10-8-19)30(21)24(17-28)11-13-29(14-12-24)22(31)15-18-5-3-2-4-6-18;3-2(4,5)1(6)7/h2-10H,11-17H2,1H3;(H,6,7). The van der Waals surface area contributed by atoms with Gasteiger partial charge in [0.2, 0.25) is 5.91 Å². The van der Waals surface area contributed by atoms with Crippen molar-refractivity contribution in [2.45, 2.75) is 37.5 Å². The highest BCUT2D eigenvalue weighted by Gasteiger charge is 2.44. The summed E-state index contributed by atoms with van der Waals surface area (Å²) in [6.45, 7) is 3.03. The van der Waals surface area contributed by atoms with E-state index in [1.165, 1.54) is 12.1 Å². The van der Waals surface area contributed by atoms with E-state index in [1.807, 2.05) is 35.2 Å². The molecule has 12 heteroatoms. The Morgan fingerprint density at radius 3 is 2.18 bits per heavy atom. The van der Waals surface area contributed by atoms with Crippen LogP contribution in [-0.4, -0.2) is 74.4 Å². The lowest BCUT2D eigenvalue weighted by Gasteiger charge is -2.48. The molecule has 0 saturated carbocycles. The fourth-order valence-corrected chi connectivity index (χ4v) is 5.01. The molecule has 0 radical (unpaired) electrons. The number of aromatic nitrogens is 3. The summed E-state index contributed by atoms with van der Waals surface area (Å²) in [7, 11) is 2.10. The zero-order chi connectivity index (χ0) is 27.5. The molecule has 3 aromatic rings. The van der Waals surface area contributed by atoms with Gasteiger partial charge in [-0.25, -0.2) is 9.18 Å². The van der Waals surface area contributed by atoms with Crippen molar-refractivity contribution in [1.82, 2.24) is 24.6 Å². The first-order valence-electron chi connectivity index (χ1n) is 12.0. The Kier molecular flexibility index (Phi) is 7.81. The lowest BCUT2D eigenvalue weighted by Crippen LogP contribution is -2.56. The molecule has 0 unspecified atom stereocenters. The van der Waals surface area contributed by atoms with Crippen LogP contribution in [0.2, 0.25) is 0 Å². The average molecular weight is 534 g/mol. The topological polar surface area (TPSA) is 91.6 Å². The maximum Gasteiger partial charge on any atom is 0.490 e. The number of alkyl halides is 3. The van der Waals surface area contributed by atoms with Crippen molar-refractivity contribution >= 4 is 11.9 Å². The number of fused-ring (bicyclic) bond motifs is 2. The first kappa shape index (κ1) is 27.2. The van der Waals surface area contributed by atoms with Crippen LogP contribution in [0.3, 0.4) is 0 Å². The SMILES string of the molecule is CN1Cc2nnc(-c3ccc(F)cc3)n2C2(CCN(C(=O)Cc3ccccc3)CC2)C1.O=C(O)C(F)(F)F. The van der Waals surface area contributed by atoms with E-state index in [0.717, 1.165) is 48.7 Å². The fraction of sp³-hybridized carbons (Fsp3) is 0.385. The first-order chi connectivity index (χ1) is 18.0. The Bertz CT molecular complexity index is 1270. The maximum atomic E-state index is 13.5. The number of likely N-dealkylation sites (N-methyl/N-ethyl adjacent to an activating group) is 1. The third kappa shape index (κ3) is 6.01. The predicted molar refractivity (Wildman–Crippen MR) is 129 cm³/mol. The van der Waals surface area contributed by atoms with Crippen molar-refractivity contribution in [1.29, 1.82) is 0 Å². The minimum Gasteiger partial charge on any atom is -0.475 e. The van der Waals surface area contributed by atoms with Crippen molar-refractivity contribution in [3.8, 4) is 11.4 Å². The van der Waals surface area contributed by atoms with E-state index in [9.17, 15) is 22.4 Å². The number of carbonyl (C=O) groups excluding carboxylic acids is 1. The fourth-order valence-electron chi connectivity index (χ4n) is 5.01. The second kappa shape index (κ2) is 10.9. The summed E-state index contributed by atoms with van der Waals surface area (Å²) >= 11 is 0. The first-order valence-corrected chi connectivity index (χ1v) is 12.0. The molecule has 38 heavy (non-hydrogen) atoms. The van der Waals surface area contributed by atoms with Crippen LogP contribution >= 0.6 is 0 Å². The molecule has 5 rings (SSSR count). The van der Waals surface area contributed by atoms with Gasteiger partial charge in [0.25, 0.3) is 0 Å². The number of likely N-dealkylation sites (tertiary alicyclic amines) is 1. The van der Waals surface area contributed by atoms with Gasteiger partial charge >= 0.3 is 12.1 Å². The van der Waals surface area contributed by atoms with Crippen LogP contribution in [0.1, 0.15) is 24.2 Å². The molecule has 1 N–H and O–H groups in total. The number of rotatable bonds is 3. The average Bonchev–Trinajstić information content (AvgIpc) is 3.30. The molecule has 1 spiro atoms. The summed E-state index contributed by atoms with van der Waals surface area (Å²) in [6.07, 6.45) is -2.96. The Balaban J connectivity index is 0.000000426. The zero-order valence-electron chi connectivity index (χ0n) is 20.7. The van der Waals surface area contributed by atoms with E-state index >= 15 is 0 Å². The third-order valence-corrected chi connectivity index (χ3v) is 6.77. The van der Waals surface area contributed by atoms with E-state index in [1.54, 1.807) is 12.1 Å². The van der Waals surface area contributed by atoms with Gasteiger partial charge < -0.3 is 14.6 Å². The van der Waals surface area contributed by atoms with E-state index in [0.29, 0.717) is 19.5 Å². The van der Waals surface area contributed by atoms with Gasteiger partial charge in [-0.2, -0.15) is 13.2 Å². The molecule has 2 aromatic carbocycles. The molecule has 8 nitrogen and oxygen atoms in total. The van der Waals surface area contributed by atoms with Gasteiger partial charge in [-0.15, -0.1) is 10.2 Å². The van der Waals surface area contributed by atoms with E-state index in [4.69, 9.17) is 9.90 Å². The molecule has 1 saturated heterocycles. The molecule has 3 heterocycles. The number of aliphatic carboxylic acids is 1. The van der Waals surface area contributed by atoms with Crippen molar-refractivity contribution in [3.63, 3.8) is 0 Å². The number of nitrogens with zero attached hydrogens (tertiary/aromatic N) is 5. The van der Waals surface area contributed by atoms with Crippen LogP contribution in [0.15, 0.2) is 54.6 Å². The third-order valence-electron chi connectivity index (χ3n) is 6.77. The molecular weight excluding hydrogens is 506 g/mol. The molecule has 1 aromatic heterocycles. The van der Waals surface area contributed by atoms with Crippen LogP contribution in [-0.2, 0) is 28.1 Å². The Morgan fingerprint density at radius 1 is 1.00 bits per heavy atom. The van der Waals surface area contributed by atoms with E-state index in [-0.39, 0.29) is 17.3 Å². The van der Waals surface area contributed by atoms with Crippen LogP contribution in [0.4, 0.5) is 17.6 Å². The van der Waals surface area contributed by atoms with Gasteiger partial charge in [0.1, 0.15) is 11.6 Å². The summed E-state index contributed by atoms with van der Waals surface area (Å²) in [5.74, 6) is -1.13. The number of halogens is 4. The smallest absolute Gasteiger partial charge is 0.475 e. The highest BCUT2D eigenvalue weighted by molar-refractivity contribution is 5.79. The second-order valence-electron chi connectivity index (χ2n) is 9.52. The Hall–Kier alpha value is -3.80. The summed E-state index contributed by atoms with van der Waals surface area (Å²) in [4.78, 5) is 26.0. The van der Waals surface area contributed by atoms with Gasteiger partial charge in [0, 0.05) is 25.2 Å². The Morgan fingerprint density at radius 2 is 1.61 bits per heavy atom. The highest BCUT2D eigenvalue weighted by Crippen LogP contribution is 2.39. The molecular formula is C26H27F4N5O3. The monoisotopic (exact) mass is 533 g/mol. The van der Waals surface area contributed by atoms with Crippen LogP contribution in [0.5, 0.6) is 0 Å². The molecule has 1 fully saturated rings. The molecule has 1 amide bonds. The minimum atomic E-state index is -5.08. The quantitative estimate of drug-likeness (QED) is 0.516. The van der Waals surface area contributed by atoms with Crippen molar-refractivity contribution in [2.24, 2.45) is 0 Å². The van der Waals surface area contributed by atoms with Crippen LogP contribution in [0, 0.1) is 5.82 Å². The molecule has 0 bridgehead atoms. The van der Waals surface area contributed by atoms with Crippen LogP contribution in [0.25, 0.3) is 11.4 Å².